The van der Waals surface area contributed by atoms with E-state index in [0.717, 1.165) is 25.2 Å². The topological polar surface area (TPSA) is 16.1 Å². The first-order valence-corrected chi connectivity index (χ1v) is 6.94. The van der Waals surface area contributed by atoms with Crippen LogP contribution in [-0.4, -0.2) is 33.5 Å². The Morgan fingerprint density at radius 3 is 2.75 bits per heavy atom. The number of hydrogen-bond donors (Lipinski definition) is 0. The molecular weight excluding hydrogens is 240 g/mol. The number of hydrogen-bond acceptors (Lipinski definition) is 3. The van der Waals surface area contributed by atoms with Gasteiger partial charge in [0.05, 0.1) is 0 Å². The second-order valence-electron chi connectivity index (χ2n) is 4.40. The maximum Gasteiger partial charge on any atom is 0.133 e. The van der Waals surface area contributed by atoms with Gasteiger partial charge in [-0.2, -0.15) is 11.8 Å². The minimum absolute atomic E-state index is 0.640. The fraction of sp³-hybridized carbons (Fsp3) is 0.583. The molecule has 1 aliphatic heterocycles. The molecule has 0 amide bonds. The quantitative estimate of drug-likeness (QED) is 0.757. The Labute approximate surface area is 106 Å². The van der Waals surface area contributed by atoms with E-state index >= 15 is 0 Å². The summed E-state index contributed by atoms with van der Waals surface area (Å²) >= 11 is 8.14. The number of nitrogens with zero attached hydrogens (tertiary/aromatic N) is 2. The maximum absolute atomic E-state index is 6.07. The Bertz CT molecular complexity index is 349. The van der Waals surface area contributed by atoms with Crippen LogP contribution >= 0.6 is 23.4 Å². The molecule has 88 valence electrons. The van der Waals surface area contributed by atoms with Gasteiger partial charge in [-0.05, 0) is 6.07 Å². The van der Waals surface area contributed by atoms with Crippen LogP contribution in [0, 0.1) is 0 Å². The molecule has 0 bridgehead atoms. The van der Waals surface area contributed by atoms with Gasteiger partial charge >= 0.3 is 0 Å². The third-order valence-electron chi connectivity index (χ3n) is 2.73. The fourth-order valence-corrected chi connectivity index (χ4v) is 3.76. The van der Waals surface area contributed by atoms with E-state index < -0.39 is 0 Å². The average molecular weight is 257 g/mol. The first-order chi connectivity index (χ1) is 7.65. The van der Waals surface area contributed by atoms with Crippen molar-refractivity contribution in [1.29, 1.82) is 0 Å². The van der Waals surface area contributed by atoms with E-state index in [1.54, 1.807) is 6.20 Å². The molecule has 0 radical (unpaired) electrons. The minimum atomic E-state index is 0.640. The van der Waals surface area contributed by atoms with Gasteiger partial charge in [0.15, 0.2) is 0 Å². The van der Waals surface area contributed by atoms with Crippen LogP contribution in [0.2, 0.25) is 5.15 Å². The molecule has 16 heavy (non-hydrogen) atoms. The van der Waals surface area contributed by atoms with E-state index in [4.69, 9.17) is 11.6 Å². The van der Waals surface area contributed by atoms with Crippen molar-refractivity contribution < 1.29 is 0 Å². The van der Waals surface area contributed by atoms with Crippen LogP contribution in [0.3, 0.4) is 0 Å². The molecule has 0 aromatic carbocycles. The van der Waals surface area contributed by atoms with Crippen LogP contribution in [0.25, 0.3) is 0 Å². The highest BCUT2D eigenvalue weighted by Crippen LogP contribution is 2.26. The molecule has 4 heteroatoms. The maximum atomic E-state index is 6.07. The molecule has 2 rings (SSSR count). The zero-order valence-corrected chi connectivity index (χ0v) is 11.3. The smallest absolute Gasteiger partial charge is 0.133 e. The van der Waals surface area contributed by atoms with Gasteiger partial charge in [-0.1, -0.05) is 31.5 Å². The van der Waals surface area contributed by atoms with Crippen LogP contribution in [-0.2, 0) is 6.54 Å². The molecule has 2 heterocycles. The van der Waals surface area contributed by atoms with E-state index in [1.807, 2.05) is 6.07 Å². The van der Waals surface area contributed by atoms with Gasteiger partial charge in [-0.25, -0.2) is 4.98 Å². The largest absolute Gasteiger partial charge is 0.297 e. The predicted octanol–water partition coefficient (Wildman–Crippen LogP) is 3.06. The van der Waals surface area contributed by atoms with Crippen molar-refractivity contribution in [1.82, 2.24) is 9.88 Å². The lowest BCUT2D eigenvalue weighted by molar-refractivity contribution is 0.262. The third kappa shape index (κ3) is 3.12. The Morgan fingerprint density at radius 2 is 2.12 bits per heavy atom. The second kappa shape index (κ2) is 5.39. The highest BCUT2D eigenvalue weighted by atomic mass is 35.5. The van der Waals surface area contributed by atoms with Gasteiger partial charge in [-0.15, -0.1) is 0 Å². The van der Waals surface area contributed by atoms with Gasteiger partial charge in [0, 0.05) is 41.9 Å². The van der Waals surface area contributed by atoms with Crippen LogP contribution in [0.4, 0.5) is 0 Å². The molecule has 0 aliphatic carbocycles. The summed E-state index contributed by atoms with van der Waals surface area (Å²) in [5, 5.41) is 2.06. The molecule has 0 spiro atoms. The summed E-state index contributed by atoms with van der Waals surface area (Å²) in [7, 11) is 0. The minimum Gasteiger partial charge on any atom is -0.297 e. The van der Waals surface area contributed by atoms with E-state index in [0.29, 0.717) is 15.7 Å². The van der Waals surface area contributed by atoms with Gasteiger partial charge in [0.1, 0.15) is 5.15 Å². The molecule has 2 unspecified atom stereocenters. The van der Waals surface area contributed by atoms with E-state index in [-0.39, 0.29) is 0 Å². The van der Waals surface area contributed by atoms with Crippen LogP contribution in [0.15, 0.2) is 18.3 Å². The first-order valence-electron chi connectivity index (χ1n) is 5.62. The van der Waals surface area contributed by atoms with Crippen molar-refractivity contribution in [2.75, 3.05) is 13.1 Å². The SMILES string of the molecule is CC1CN(Cc2cccnc2Cl)CC(C)S1. The van der Waals surface area contributed by atoms with Crippen molar-refractivity contribution in [2.45, 2.75) is 30.9 Å². The van der Waals surface area contributed by atoms with E-state index in [1.165, 1.54) is 0 Å². The lowest BCUT2D eigenvalue weighted by atomic mass is 10.2. The number of halogens is 1. The Morgan fingerprint density at radius 1 is 1.44 bits per heavy atom. The van der Waals surface area contributed by atoms with Crippen molar-refractivity contribution in [2.24, 2.45) is 0 Å². The Kier molecular flexibility index (Phi) is 4.11. The van der Waals surface area contributed by atoms with Gasteiger partial charge in [-0.3, -0.25) is 4.90 Å². The third-order valence-corrected chi connectivity index (χ3v) is 4.29. The van der Waals surface area contributed by atoms with E-state index in [9.17, 15) is 0 Å². The fourth-order valence-electron chi connectivity index (χ4n) is 2.19. The van der Waals surface area contributed by atoms with Crippen molar-refractivity contribution in [3.63, 3.8) is 0 Å². The summed E-state index contributed by atoms with van der Waals surface area (Å²) < 4.78 is 0. The predicted molar refractivity (Wildman–Crippen MR) is 71.0 cm³/mol. The molecule has 2 atom stereocenters. The number of aromatic nitrogens is 1. The summed E-state index contributed by atoms with van der Waals surface area (Å²) in [5.74, 6) is 0. The second-order valence-corrected chi connectivity index (χ2v) is 6.64. The first kappa shape index (κ1) is 12.2. The standard InChI is InChI=1S/C12H17ClN2S/c1-9-6-15(7-10(2)16-9)8-11-4-3-5-14-12(11)13/h3-5,9-10H,6-8H2,1-2H3. The molecule has 1 aromatic rings. The summed E-state index contributed by atoms with van der Waals surface area (Å²) in [6, 6.07) is 4.01. The van der Waals surface area contributed by atoms with Gasteiger partial charge in [0.25, 0.3) is 0 Å². The number of pyridine rings is 1. The lowest BCUT2D eigenvalue weighted by Crippen LogP contribution is -2.39. The molecule has 1 aliphatic rings. The summed E-state index contributed by atoms with van der Waals surface area (Å²) in [6.07, 6.45) is 1.74. The summed E-state index contributed by atoms with van der Waals surface area (Å²) in [6.45, 7) is 7.78. The monoisotopic (exact) mass is 256 g/mol. The summed E-state index contributed by atoms with van der Waals surface area (Å²) in [5.41, 5.74) is 1.13. The highest BCUT2D eigenvalue weighted by Gasteiger charge is 2.22. The van der Waals surface area contributed by atoms with Gasteiger partial charge < -0.3 is 0 Å². The molecule has 2 nitrogen and oxygen atoms in total. The van der Waals surface area contributed by atoms with Crippen LogP contribution < -0.4 is 0 Å². The molecule has 1 aromatic heterocycles. The zero-order valence-electron chi connectivity index (χ0n) is 9.69. The van der Waals surface area contributed by atoms with Crippen LogP contribution in [0.5, 0.6) is 0 Å². The number of thioether (sulfide) groups is 1. The van der Waals surface area contributed by atoms with E-state index in [2.05, 4.69) is 41.6 Å². The average Bonchev–Trinajstić information content (AvgIpc) is 2.20. The van der Waals surface area contributed by atoms with Crippen molar-refractivity contribution in [3.8, 4) is 0 Å². The van der Waals surface area contributed by atoms with Crippen LogP contribution in [0.1, 0.15) is 19.4 Å². The summed E-state index contributed by atoms with van der Waals surface area (Å²) in [4.78, 5) is 6.58. The Balaban J connectivity index is 2.02. The van der Waals surface area contributed by atoms with Crippen molar-refractivity contribution >= 4 is 23.4 Å². The molecular formula is C12H17ClN2S. The normalized spacial score (nSPS) is 26.9. The van der Waals surface area contributed by atoms with Crippen molar-refractivity contribution in [3.05, 3.63) is 29.0 Å². The molecule has 1 fully saturated rings. The zero-order chi connectivity index (χ0) is 11.5. The Hall–Kier alpha value is -0.250. The molecule has 0 N–H and O–H groups in total. The lowest BCUT2D eigenvalue weighted by Gasteiger charge is -2.34. The molecule has 1 saturated heterocycles. The molecule has 0 saturated carbocycles. The van der Waals surface area contributed by atoms with Gasteiger partial charge in [0.2, 0.25) is 0 Å². The number of rotatable bonds is 2. The highest BCUT2D eigenvalue weighted by molar-refractivity contribution is 8.00.